The van der Waals surface area contributed by atoms with E-state index in [1.165, 1.54) is 6.92 Å². The summed E-state index contributed by atoms with van der Waals surface area (Å²) in [6, 6.07) is 18.4. The molecule has 0 aliphatic carbocycles. The molecule has 0 fully saturated rings. The summed E-state index contributed by atoms with van der Waals surface area (Å²) in [5.41, 5.74) is 8.57. The van der Waals surface area contributed by atoms with E-state index in [4.69, 9.17) is 22.1 Å². The summed E-state index contributed by atoms with van der Waals surface area (Å²) in [6.45, 7) is 1.84. The van der Waals surface area contributed by atoms with Gasteiger partial charge in [0.15, 0.2) is 0 Å². The molecule has 6 heteroatoms. The third kappa shape index (κ3) is 3.00. The molecule has 0 unspecified atom stereocenters. The van der Waals surface area contributed by atoms with E-state index in [0.717, 1.165) is 16.6 Å². The molecule has 140 valence electrons. The zero-order valence-corrected chi connectivity index (χ0v) is 15.9. The normalized spacial score (nSPS) is 11.1. The highest BCUT2D eigenvalue weighted by Gasteiger charge is 2.20. The van der Waals surface area contributed by atoms with Crippen LogP contribution < -0.4 is 10.5 Å². The molecule has 4 rings (SSSR count). The van der Waals surface area contributed by atoms with Gasteiger partial charge in [0.05, 0.1) is 16.4 Å². The third-order valence-corrected chi connectivity index (χ3v) is 5.05. The van der Waals surface area contributed by atoms with Gasteiger partial charge in [-0.1, -0.05) is 41.9 Å². The molecule has 4 aromatic rings. The number of esters is 1. The van der Waals surface area contributed by atoms with Crippen molar-refractivity contribution in [1.29, 1.82) is 0 Å². The lowest BCUT2D eigenvalue weighted by atomic mass is 10.1. The third-order valence-electron chi connectivity index (χ3n) is 4.68. The molecule has 0 aliphatic rings. The number of nitrogens with zero attached hydrogens (tertiary/aromatic N) is 1. The van der Waals surface area contributed by atoms with Gasteiger partial charge in [-0.3, -0.25) is 9.59 Å². The first-order chi connectivity index (χ1) is 13.5. The van der Waals surface area contributed by atoms with Crippen LogP contribution in [0.25, 0.3) is 21.8 Å². The van der Waals surface area contributed by atoms with E-state index in [-0.39, 0.29) is 0 Å². The fourth-order valence-corrected chi connectivity index (χ4v) is 3.76. The number of benzene rings is 3. The molecular weight excluding hydrogens is 376 g/mol. The second-order valence-electron chi connectivity index (χ2n) is 6.49. The first kappa shape index (κ1) is 18.1. The first-order valence-corrected chi connectivity index (χ1v) is 9.10. The molecule has 0 atom stereocenters. The number of nitrogens with two attached hydrogens (primary N) is 1. The van der Waals surface area contributed by atoms with Gasteiger partial charge >= 0.3 is 5.97 Å². The molecule has 3 aromatic carbocycles. The van der Waals surface area contributed by atoms with Gasteiger partial charge < -0.3 is 15.0 Å². The molecule has 0 aliphatic heterocycles. The van der Waals surface area contributed by atoms with Crippen LogP contribution in [0.5, 0.6) is 5.75 Å². The fourth-order valence-electron chi connectivity index (χ4n) is 3.57. The van der Waals surface area contributed by atoms with Crippen LogP contribution in [0.2, 0.25) is 5.02 Å². The highest BCUT2D eigenvalue weighted by Crippen LogP contribution is 2.38. The van der Waals surface area contributed by atoms with Gasteiger partial charge in [-0.05, 0) is 35.9 Å². The van der Waals surface area contributed by atoms with Crippen molar-refractivity contribution in [3.05, 3.63) is 76.8 Å². The zero-order valence-electron chi connectivity index (χ0n) is 15.1. The van der Waals surface area contributed by atoms with Gasteiger partial charge in [-0.25, -0.2) is 0 Å². The predicted octanol–water partition coefficient (Wildman–Crippen LogP) is 4.52. The van der Waals surface area contributed by atoms with Crippen molar-refractivity contribution >= 4 is 45.3 Å². The monoisotopic (exact) mass is 392 g/mol. The molecule has 1 heterocycles. The molecule has 2 N–H and O–H groups in total. The van der Waals surface area contributed by atoms with Crippen LogP contribution in [-0.2, 0) is 11.3 Å². The van der Waals surface area contributed by atoms with Gasteiger partial charge in [0.1, 0.15) is 5.75 Å². The Morgan fingerprint density at radius 3 is 2.32 bits per heavy atom. The van der Waals surface area contributed by atoms with Crippen molar-refractivity contribution in [3.63, 3.8) is 0 Å². The van der Waals surface area contributed by atoms with Crippen molar-refractivity contribution in [2.24, 2.45) is 5.73 Å². The maximum Gasteiger partial charge on any atom is 0.308 e. The van der Waals surface area contributed by atoms with Crippen LogP contribution >= 0.6 is 11.6 Å². The maximum absolute atomic E-state index is 12.1. The molecule has 0 spiro atoms. The summed E-state index contributed by atoms with van der Waals surface area (Å²) in [7, 11) is 0. The van der Waals surface area contributed by atoms with Crippen LogP contribution in [-0.4, -0.2) is 16.4 Å². The Balaban J connectivity index is 2.09. The number of amides is 1. The Bertz CT molecular complexity index is 1240. The highest BCUT2D eigenvalue weighted by molar-refractivity contribution is 6.31. The molecule has 0 saturated carbocycles. The molecule has 0 saturated heterocycles. The number of hydrogen-bond donors (Lipinski definition) is 1. The average molecular weight is 393 g/mol. The Labute approximate surface area is 166 Å². The van der Waals surface area contributed by atoms with Gasteiger partial charge in [0.25, 0.3) is 0 Å². The smallest absolute Gasteiger partial charge is 0.308 e. The van der Waals surface area contributed by atoms with Gasteiger partial charge in [-0.15, -0.1) is 0 Å². The predicted molar refractivity (Wildman–Crippen MR) is 110 cm³/mol. The number of rotatable bonds is 4. The van der Waals surface area contributed by atoms with Crippen molar-refractivity contribution in [2.45, 2.75) is 13.5 Å². The Morgan fingerprint density at radius 2 is 1.64 bits per heavy atom. The van der Waals surface area contributed by atoms with E-state index in [1.807, 2.05) is 47.0 Å². The van der Waals surface area contributed by atoms with Gasteiger partial charge in [-0.2, -0.15) is 0 Å². The molecule has 1 amide bonds. The molecule has 1 aromatic heterocycles. The van der Waals surface area contributed by atoms with Crippen molar-refractivity contribution in [2.75, 3.05) is 0 Å². The molecule has 5 nitrogen and oxygen atoms in total. The second-order valence-corrected chi connectivity index (χ2v) is 6.89. The molecule has 0 bridgehead atoms. The van der Waals surface area contributed by atoms with E-state index in [0.29, 0.717) is 33.7 Å². The van der Waals surface area contributed by atoms with Crippen LogP contribution in [0.15, 0.2) is 60.7 Å². The number of carbonyl (C=O) groups is 2. The lowest BCUT2D eigenvalue weighted by molar-refractivity contribution is -0.131. The topological polar surface area (TPSA) is 74.3 Å². The molecule has 28 heavy (non-hydrogen) atoms. The van der Waals surface area contributed by atoms with E-state index < -0.39 is 11.9 Å². The minimum absolute atomic E-state index is 0.375. The van der Waals surface area contributed by atoms with Gasteiger partial charge in [0.2, 0.25) is 5.91 Å². The number of fused-ring (bicyclic) bond motifs is 3. The Kier molecular flexibility index (Phi) is 4.53. The number of hydrogen-bond acceptors (Lipinski definition) is 3. The summed E-state index contributed by atoms with van der Waals surface area (Å²) >= 11 is 6.37. The molecular formula is C22H17ClN2O3. The number of halogens is 1. The van der Waals surface area contributed by atoms with E-state index >= 15 is 0 Å². The zero-order chi connectivity index (χ0) is 19.8. The highest BCUT2D eigenvalue weighted by atomic mass is 35.5. The minimum Gasteiger partial charge on any atom is -0.426 e. The number of ether oxygens (including phenoxy) is 1. The van der Waals surface area contributed by atoms with Crippen LogP contribution in [0.3, 0.4) is 0 Å². The minimum atomic E-state index is -0.542. The van der Waals surface area contributed by atoms with E-state index in [1.54, 1.807) is 18.2 Å². The summed E-state index contributed by atoms with van der Waals surface area (Å²) in [4.78, 5) is 23.7. The fraction of sp³-hybridized carbons (Fsp3) is 0.0909. The van der Waals surface area contributed by atoms with Crippen LogP contribution in [0, 0.1) is 0 Å². The lowest BCUT2D eigenvalue weighted by Crippen LogP contribution is -2.11. The standard InChI is InChI=1S/C22H17ClN2O3/c1-13(26)28-19-11-5-10-18-21(19)20-15(22(24)27)7-4-9-17(20)25(18)12-14-6-2-3-8-16(14)23/h2-11H,12H2,1H3,(H2,24,27). The van der Waals surface area contributed by atoms with Crippen LogP contribution in [0.1, 0.15) is 22.8 Å². The van der Waals surface area contributed by atoms with Crippen molar-refractivity contribution < 1.29 is 14.3 Å². The second kappa shape index (κ2) is 7.02. The number of primary amides is 1. The van der Waals surface area contributed by atoms with Crippen molar-refractivity contribution in [3.8, 4) is 5.75 Å². The number of carbonyl (C=O) groups excluding carboxylic acids is 2. The lowest BCUT2D eigenvalue weighted by Gasteiger charge is -2.10. The quantitative estimate of drug-likeness (QED) is 0.410. The largest absolute Gasteiger partial charge is 0.426 e. The summed E-state index contributed by atoms with van der Waals surface area (Å²) in [5, 5.41) is 1.99. The summed E-state index contributed by atoms with van der Waals surface area (Å²) in [5.74, 6) is -0.585. The summed E-state index contributed by atoms with van der Waals surface area (Å²) in [6.07, 6.45) is 0. The van der Waals surface area contributed by atoms with Crippen LogP contribution in [0.4, 0.5) is 0 Å². The van der Waals surface area contributed by atoms with Gasteiger partial charge in [0, 0.05) is 29.4 Å². The van der Waals surface area contributed by atoms with E-state index in [9.17, 15) is 9.59 Å². The first-order valence-electron chi connectivity index (χ1n) is 8.73. The molecule has 0 radical (unpaired) electrons. The summed E-state index contributed by atoms with van der Waals surface area (Å²) < 4.78 is 7.47. The Hall–Kier alpha value is -3.31. The Morgan fingerprint density at radius 1 is 0.964 bits per heavy atom. The SMILES string of the molecule is CC(=O)Oc1cccc2c1c1c(C(N)=O)cccc1n2Cc1ccccc1Cl. The maximum atomic E-state index is 12.1. The van der Waals surface area contributed by atoms with Crippen molar-refractivity contribution in [1.82, 2.24) is 4.57 Å². The average Bonchev–Trinajstić information content (AvgIpc) is 2.98. The van der Waals surface area contributed by atoms with E-state index in [2.05, 4.69) is 0 Å². The number of aromatic nitrogens is 1.